The summed E-state index contributed by atoms with van der Waals surface area (Å²) in [5, 5.41) is 0.391. The van der Waals surface area contributed by atoms with E-state index >= 15 is 0 Å². The van der Waals surface area contributed by atoms with Crippen molar-refractivity contribution in [1.82, 2.24) is 14.5 Å². The van der Waals surface area contributed by atoms with E-state index in [1.165, 1.54) is 29.2 Å². The van der Waals surface area contributed by atoms with Crippen LogP contribution in [0.15, 0.2) is 72.9 Å². The summed E-state index contributed by atoms with van der Waals surface area (Å²) in [5.41, 5.74) is 2.19. The number of nitrogens with zero attached hydrogens (tertiary/aromatic N) is 3. The van der Waals surface area contributed by atoms with Gasteiger partial charge in [-0.1, -0.05) is 31.4 Å². The molecule has 4 aromatic rings. The van der Waals surface area contributed by atoms with E-state index in [4.69, 9.17) is 0 Å². The topological polar surface area (TPSA) is 47.8 Å². The van der Waals surface area contributed by atoms with Crippen LogP contribution in [0.2, 0.25) is 0 Å². The molecule has 0 saturated carbocycles. The second kappa shape index (κ2) is 7.83. The molecule has 2 aromatic heterocycles. The zero-order valence-electron chi connectivity index (χ0n) is 16.0. The van der Waals surface area contributed by atoms with Crippen molar-refractivity contribution in [2.75, 3.05) is 0 Å². The van der Waals surface area contributed by atoms with Gasteiger partial charge in [-0.05, 0) is 42.0 Å². The van der Waals surface area contributed by atoms with Crippen LogP contribution in [0.5, 0.6) is 0 Å². The van der Waals surface area contributed by atoms with Crippen molar-refractivity contribution in [3.63, 3.8) is 0 Å². The van der Waals surface area contributed by atoms with Gasteiger partial charge in [0.2, 0.25) is 0 Å². The Labute approximate surface area is 171 Å². The molecule has 148 valence electrons. The van der Waals surface area contributed by atoms with Gasteiger partial charge in [-0.3, -0.25) is 14.3 Å². The highest BCUT2D eigenvalue weighted by atomic mass is 19.1. The number of rotatable bonds is 5. The highest BCUT2D eigenvalue weighted by Crippen LogP contribution is 2.26. The maximum atomic E-state index is 14.8. The molecule has 2 aromatic carbocycles. The van der Waals surface area contributed by atoms with Crippen LogP contribution in [0.1, 0.15) is 16.8 Å². The molecule has 6 heteroatoms. The molecule has 0 atom stereocenters. The minimum absolute atomic E-state index is 0.211. The number of para-hydroxylation sites is 1. The van der Waals surface area contributed by atoms with E-state index in [0.29, 0.717) is 33.3 Å². The van der Waals surface area contributed by atoms with Crippen molar-refractivity contribution in [3.8, 4) is 11.1 Å². The van der Waals surface area contributed by atoms with Crippen LogP contribution in [0.3, 0.4) is 0 Å². The molecule has 30 heavy (non-hydrogen) atoms. The Morgan fingerprint density at radius 1 is 0.967 bits per heavy atom. The van der Waals surface area contributed by atoms with Gasteiger partial charge >= 0.3 is 0 Å². The molecule has 0 radical (unpaired) electrons. The molecule has 4 rings (SSSR count). The van der Waals surface area contributed by atoms with Gasteiger partial charge in [-0.25, -0.2) is 13.8 Å². The third-order valence-corrected chi connectivity index (χ3v) is 4.90. The molecule has 0 spiro atoms. The summed E-state index contributed by atoms with van der Waals surface area (Å²) in [7, 11) is 0. The summed E-state index contributed by atoms with van der Waals surface area (Å²) in [6.07, 6.45) is 6.01. The third-order valence-electron chi connectivity index (χ3n) is 4.90. The summed E-state index contributed by atoms with van der Waals surface area (Å²) in [6.45, 7) is 7.15. The maximum absolute atomic E-state index is 14.8. The zero-order chi connectivity index (χ0) is 21.3. The number of pyridine rings is 1. The number of hydrogen-bond acceptors (Lipinski definition) is 3. The highest BCUT2D eigenvalue weighted by Gasteiger charge is 2.15. The number of fused-ring (bicyclic) bond motifs is 1. The molecular weight excluding hydrogens is 384 g/mol. The Balaban J connectivity index is 1.74. The van der Waals surface area contributed by atoms with Gasteiger partial charge < -0.3 is 0 Å². The van der Waals surface area contributed by atoms with Crippen LogP contribution >= 0.6 is 0 Å². The summed E-state index contributed by atoms with van der Waals surface area (Å²) in [5.74, 6) is -1.50. The SMILES string of the molecule is C=Cc1cc(-c2cc(F)c(Cn3cnc4ccccc4c3=O)c(F)c2)cnc1C=C. The molecular formula is C24H17F2N3O. The van der Waals surface area contributed by atoms with Gasteiger partial charge in [-0.2, -0.15) is 0 Å². The first-order chi connectivity index (χ1) is 14.5. The van der Waals surface area contributed by atoms with Crippen molar-refractivity contribution >= 4 is 23.1 Å². The Kier molecular flexibility index (Phi) is 5.06. The van der Waals surface area contributed by atoms with Crippen LogP contribution in [0.4, 0.5) is 8.78 Å². The summed E-state index contributed by atoms with van der Waals surface area (Å²) in [4.78, 5) is 21.1. The smallest absolute Gasteiger partial charge is 0.261 e. The van der Waals surface area contributed by atoms with Gasteiger partial charge in [0.25, 0.3) is 5.56 Å². The maximum Gasteiger partial charge on any atom is 0.261 e. The Morgan fingerprint density at radius 2 is 1.70 bits per heavy atom. The van der Waals surface area contributed by atoms with E-state index in [1.807, 2.05) is 0 Å². The molecule has 0 aliphatic rings. The van der Waals surface area contributed by atoms with E-state index < -0.39 is 11.6 Å². The zero-order valence-corrected chi connectivity index (χ0v) is 16.0. The lowest BCUT2D eigenvalue weighted by atomic mass is 10.0. The molecule has 0 fully saturated rings. The minimum Gasteiger partial charge on any atom is -0.294 e. The standard InChI is InChI=1S/C24H17F2N3O/c1-3-15-9-17(12-27-22(15)4-2)16-10-20(25)19(21(26)11-16)13-29-14-28-23-8-6-5-7-18(23)24(29)30/h3-12,14H,1-2,13H2. The van der Waals surface area contributed by atoms with Gasteiger partial charge in [0, 0.05) is 22.9 Å². The van der Waals surface area contributed by atoms with Crippen LogP contribution in [-0.2, 0) is 6.54 Å². The molecule has 2 heterocycles. The molecule has 0 aliphatic carbocycles. The fourth-order valence-corrected chi connectivity index (χ4v) is 3.29. The van der Waals surface area contributed by atoms with Crippen molar-refractivity contribution < 1.29 is 8.78 Å². The van der Waals surface area contributed by atoms with E-state index in [-0.39, 0.29) is 17.7 Å². The third kappa shape index (κ3) is 3.43. The predicted molar refractivity (Wildman–Crippen MR) is 115 cm³/mol. The molecule has 0 unspecified atom stereocenters. The molecule has 0 aliphatic heterocycles. The fraction of sp³-hybridized carbons (Fsp3) is 0.0417. The lowest BCUT2D eigenvalue weighted by Gasteiger charge is -2.11. The summed E-state index contributed by atoms with van der Waals surface area (Å²) >= 11 is 0. The first-order valence-electron chi connectivity index (χ1n) is 9.19. The molecule has 0 N–H and O–H groups in total. The van der Waals surface area contributed by atoms with Crippen LogP contribution < -0.4 is 5.56 Å². The monoisotopic (exact) mass is 401 g/mol. The second-order valence-corrected chi connectivity index (χ2v) is 6.72. The number of hydrogen-bond donors (Lipinski definition) is 0. The van der Waals surface area contributed by atoms with Crippen LogP contribution in [0, 0.1) is 11.6 Å². The van der Waals surface area contributed by atoms with Gasteiger partial charge in [-0.15, -0.1) is 0 Å². The van der Waals surface area contributed by atoms with Crippen molar-refractivity contribution in [2.24, 2.45) is 0 Å². The Bertz CT molecular complexity index is 1340. The Morgan fingerprint density at radius 3 is 2.40 bits per heavy atom. The Hall–Kier alpha value is -3.93. The molecule has 0 bridgehead atoms. The minimum atomic E-state index is -0.752. The van der Waals surface area contributed by atoms with Gasteiger partial charge in [0.05, 0.1) is 29.5 Å². The van der Waals surface area contributed by atoms with Gasteiger partial charge in [0.15, 0.2) is 0 Å². The predicted octanol–water partition coefficient (Wildman–Crippen LogP) is 5.07. The number of benzene rings is 2. The molecule has 0 saturated heterocycles. The normalized spacial score (nSPS) is 10.9. The average Bonchev–Trinajstić information content (AvgIpc) is 2.77. The van der Waals surface area contributed by atoms with Crippen molar-refractivity contribution in [3.05, 3.63) is 107 Å². The van der Waals surface area contributed by atoms with Crippen LogP contribution in [0.25, 0.3) is 34.2 Å². The first-order valence-corrected chi connectivity index (χ1v) is 9.19. The number of halogens is 2. The quantitative estimate of drug-likeness (QED) is 0.469. The fourth-order valence-electron chi connectivity index (χ4n) is 3.29. The van der Waals surface area contributed by atoms with E-state index in [0.717, 1.165) is 0 Å². The van der Waals surface area contributed by atoms with E-state index in [1.54, 1.807) is 42.5 Å². The molecule has 4 nitrogen and oxygen atoms in total. The lowest BCUT2D eigenvalue weighted by molar-refractivity contribution is 0.541. The van der Waals surface area contributed by atoms with E-state index in [2.05, 4.69) is 23.1 Å². The lowest BCUT2D eigenvalue weighted by Crippen LogP contribution is -2.22. The average molecular weight is 401 g/mol. The van der Waals surface area contributed by atoms with Crippen molar-refractivity contribution in [2.45, 2.75) is 6.54 Å². The van der Waals surface area contributed by atoms with E-state index in [9.17, 15) is 13.6 Å². The second-order valence-electron chi connectivity index (χ2n) is 6.72. The van der Waals surface area contributed by atoms with Crippen LogP contribution in [-0.4, -0.2) is 14.5 Å². The summed E-state index contributed by atoms with van der Waals surface area (Å²) in [6, 6.07) is 11.0. The first kappa shape index (κ1) is 19.4. The molecule has 0 amide bonds. The highest BCUT2D eigenvalue weighted by molar-refractivity contribution is 5.77. The largest absolute Gasteiger partial charge is 0.294 e. The van der Waals surface area contributed by atoms with Crippen molar-refractivity contribution in [1.29, 1.82) is 0 Å². The summed E-state index contributed by atoms with van der Waals surface area (Å²) < 4.78 is 30.8. The number of aromatic nitrogens is 3. The van der Waals surface area contributed by atoms with Gasteiger partial charge in [0.1, 0.15) is 11.6 Å².